The molecule has 7 heteroatoms. The summed E-state index contributed by atoms with van der Waals surface area (Å²) >= 11 is 15.9. The summed E-state index contributed by atoms with van der Waals surface area (Å²) < 4.78 is 2.56. The number of benzene rings is 1. The van der Waals surface area contributed by atoms with Gasteiger partial charge in [-0.15, -0.1) is 0 Å². The second-order valence-electron chi connectivity index (χ2n) is 4.31. The van der Waals surface area contributed by atoms with Gasteiger partial charge in [-0.25, -0.2) is 4.98 Å². The molecule has 3 rings (SSSR count). The van der Waals surface area contributed by atoms with Gasteiger partial charge in [0, 0.05) is 28.1 Å². The molecule has 0 unspecified atom stereocenters. The van der Waals surface area contributed by atoms with E-state index in [1.165, 1.54) is 0 Å². The van der Waals surface area contributed by atoms with Crippen molar-refractivity contribution < 1.29 is 0 Å². The first-order valence-electron chi connectivity index (χ1n) is 5.95. The minimum atomic E-state index is 0.438. The van der Waals surface area contributed by atoms with Crippen molar-refractivity contribution in [2.24, 2.45) is 0 Å². The number of aromatic nitrogens is 3. The molecule has 0 bridgehead atoms. The summed E-state index contributed by atoms with van der Waals surface area (Å²) in [6.45, 7) is 0. The lowest BCUT2D eigenvalue weighted by atomic mass is 10.2. The molecule has 1 aromatic carbocycles. The van der Waals surface area contributed by atoms with Crippen LogP contribution in [-0.2, 0) is 0 Å². The van der Waals surface area contributed by atoms with Gasteiger partial charge in [0.05, 0.1) is 34.0 Å². The first-order valence-corrected chi connectivity index (χ1v) is 7.50. The molecule has 2 heterocycles. The van der Waals surface area contributed by atoms with Gasteiger partial charge in [-0.2, -0.15) is 0 Å². The highest BCUT2D eigenvalue weighted by molar-refractivity contribution is 9.10. The van der Waals surface area contributed by atoms with E-state index in [4.69, 9.17) is 28.9 Å². The van der Waals surface area contributed by atoms with Gasteiger partial charge in [0.25, 0.3) is 0 Å². The lowest BCUT2D eigenvalue weighted by molar-refractivity contribution is 1.06. The van der Waals surface area contributed by atoms with Crippen molar-refractivity contribution in [3.8, 4) is 16.9 Å². The molecule has 106 valence electrons. The molecule has 0 saturated heterocycles. The number of nitrogen functional groups attached to an aromatic ring is 1. The van der Waals surface area contributed by atoms with Crippen molar-refractivity contribution in [2.45, 2.75) is 0 Å². The highest BCUT2D eigenvalue weighted by Crippen LogP contribution is 2.37. The van der Waals surface area contributed by atoms with Crippen molar-refractivity contribution >= 4 is 44.8 Å². The molecule has 0 aliphatic carbocycles. The molecular formula is C14H9BrCl2N4. The lowest BCUT2D eigenvalue weighted by Crippen LogP contribution is -1.99. The minimum Gasteiger partial charge on any atom is -0.398 e. The van der Waals surface area contributed by atoms with Crippen LogP contribution in [0.1, 0.15) is 0 Å². The number of rotatable bonds is 2. The van der Waals surface area contributed by atoms with Crippen molar-refractivity contribution in [1.82, 2.24) is 14.5 Å². The zero-order valence-electron chi connectivity index (χ0n) is 10.6. The predicted molar refractivity (Wildman–Crippen MR) is 88.9 cm³/mol. The molecule has 3 aromatic rings. The summed E-state index contributed by atoms with van der Waals surface area (Å²) in [4.78, 5) is 8.28. The van der Waals surface area contributed by atoms with Gasteiger partial charge in [0.15, 0.2) is 0 Å². The van der Waals surface area contributed by atoms with Crippen LogP contribution in [0, 0.1) is 0 Å². The molecule has 4 nitrogen and oxygen atoms in total. The number of hydrogen-bond donors (Lipinski definition) is 1. The molecular weight excluding hydrogens is 375 g/mol. The molecule has 0 fully saturated rings. The number of anilines is 1. The van der Waals surface area contributed by atoms with Crippen molar-refractivity contribution in [3.05, 3.63) is 57.6 Å². The Bertz CT molecular complexity index is 816. The average molecular weight is 384 g/mol. The van der Waals surface area contributed by atoms with Gasteiger partial charge in [0.2, 0.25) is 0 Å². The molecule has 0 amide bonds. The van der Waals surface area contributed by atoms with Crippen LogP contribution in [-0.4, -0.2) is 14.5 Å². The van der Waals surface area contributed by atoms with Crippen molar-refractivity contribution in [3.63, 3.8) is 0 Å². The van der Waals surface area contributed by atoms with Crippen LogP contribution in [0.5, 0.6) is 0 Å². The Morgan fingerprint density at radius 2 is 1.86 bits per heavy atom. The third-order valence-electron chi connectivity index (χ3n) is 3.04. The average Bonchev–Trinajstić information content (AvgIpc) is 2.94. The molecule has 0 atom stereocenters. The van der Waals surface area contributed by atoms with Crippen LogP contribution in [0.15, 0.2) is 47.6 Å². The minimum absolute atomic E-state index is 0.438. The van der Waals surface area contributed by atoms with Crippen LogP contribution in [0.3, 0.4) is 0 Å². The summed E-state index contributed by atoms with van der Waals surface area (Å²) in [7, 11) is 0. The highest BCUT2D eigenvalue weighted by atomic mass is 79.9. The fourth-order valence-corrected chi connectivity index (χ4v) is 2.87. The Kier molecular flexibility index (Phi) is 3.89. The van der Waals surface area contributed by atoms with Crippen LogP contribution in [0.25, 0.3) is 16.9 Å². The Morgan fingerprint density at radius 3 is 2.62 bits per heavy atom. The number of halogens is 3. The number of imidazole rings is 1. The smallest absolute Gasteiger partial charge is 0.0997 e. The number of hydrogen-bond acceptors (Lipinski definition) is 3. The normalized spacial score (nSPS) is 10.8. The molecule has 0 aliphatic rings. The summed E-state index contributed by atoms with van der Waals surface area (Å²) in [5, 5.41) is 0.890. The van der Waals surface area contributed by atoms with Crippen LogP contribution >= 0.6 is 39.1 Å². The lowest BCUT2D eigenvalue weighted by Gasteiger charge is -2.12. The van der Waals surface area contributed by atoms with E-state index in [0.29, 0.717) is 15.7 Å². The second-order valence-corrected chi connectivity index (χ2v) is 5.92. The first-order chi connectivity index (χ1) is 10.1. The zero-order valence-corrected chi connectivity index (χ0v) is 13.7. The van der Waals surface area contributed by atoms with Gasteiger partial charge < -0.3 is 5.73 Å². The maximum atomic E-state index is 6.33. The Balaban J connectivity index is 2.21. The quantitative estimate of drug-likeness (QED) is 0.658. The summed E-state index contributed by atoms with van der Waals surface area (Å²) in [6.07, 6.45) is 6.70. The SMILES string of the molecule is Nc1ccncc1-c1cncn1-c1ccc(Br)c(Cl)c1Cl. The van der Waals surface area contributed by atoms with E-state index in [-0.39, 0.29) is 0 Å². The summed E-state index contributed by atoms with van der Waals surface area (Å²) in [6, 6.07) is 5.43. The third kappa shape index (κ3) is 2.52. The Labute approximate surface area is 139 Å². The van der Waals surface area contributed by atoms with Crippen LogP contribution in [0.4, 0.5) is 5.69 Å². The molecule has 0 spiro atoms. The van der Waals surface area contributed by atoms with Crippen LogP contribution < -0.4 is 5.73 Å². The topological polar surface area (TPSA) is 56.7 Å². The zero-order chi connectivity index (χ0) is 15.0. The maximum Gasteiger partial charge on any atom is 0.0997 e. The Morgan fingerprint density at radius 1 is 1.05 bits per heavy atom. The number of nitrogens with two attached hydrogens (primary N) is 1. The van der Waals surface area contributed by atoms with E-state index in [0.717, 1.165) is 21.4 Å². The maximum absolute atomic E-state index is 6.33. The van der Waals surface area contributed by atoms with E-state index in [9.17, 15) is 0 Å². The van der Waals surface area contributed by atoms with Crippen molar-refractivity contribution in [1.29, 1.82) is 0 Å². The number of pyridine rings is 1. The van der Waals surface area contributed by atoms with Gasteiger partial charge in [0.1, 0.15) is 0 Å². The standard InChI is InChI=1S/C14H9BrCl2N4/c15-9-1-2-11(14(17)13(9)16)21-7-20-6-12(21)8-5-19-4-3-10(8)18/h1-7H,(H2,18,19). The largest absolute Gasteiger partial charge is 0.398 e. The molecule has 2 aromatic heterocycles. The molecule has 2 N–H and O–H groups in total. The predicted octanol–water partition coefficient (Wildman–Crippen LogP) is 4.59. The fraction of sp³-hybridized carbons (Fsp3) is 0. The summed E-state index contributed by atoms with van der Waals surface area (Å²) in [5.41, 5.74) is 8.92. The monoisotopic (exact) mass is 382 g/mol. The van der Waals surface area contributed by atoms with E-state index in [1.807, 2.05) is 16.7 Å². The van der Waals surface area contributed by atoms with E-state index < -0.39 is 0 Å². The molecule has 21 heavy (non-hydrogen) atoms. The highest BCUT2D eigenvalue weighted by Gasteiger charge is 2.15. The fourth-order valence-electron chi connectivity index (χ4n) is 2.01. The van der Waals surface area contributed by atoms with Crippen molar-refractivity contribution in [2.75, 3.05) is 5.73 Å². The van der Waals surface area contributed by atoms with E-state index in [2.05, 4.69) is 25.9 Å². The molecule has 0 aliphatic heterocycles. The Hall–Kier alpha value is -1.56. The van der Waals surface area contributed by atoms with Gasteiger partial charge in [-0.1, -0.05) is 23.2 Å². The van der Waals surface area contributed by atoms with Gasteiger partial charge in [-0.05, 0) is 34.1 Å². The van der Waals surface area contributed by atoms with Crippen LogP contribution in [0.2, 0.25) is 10.0 Å². The van der Waals surface area contributed by atoms with E-state index >= 15 is 0 Å². The van der Waals surface area contributed by atoms with E-state index in [1.54, 1.807) is 31.0 Å². The molecule has 0 radical (unpaired) electrons. The number of nitrogens with zero attached hydrogens (tertiary/aromatic N) is 3. The van der Waals surface area contributed by atoms with Gasteiger partial charge in [-0.3, -0.25) is 9.55 Å². The van der Waals surface area contributed by atoms with Gasteiger partial charge >= 0.3 is 0 Å². The second kappa shape index (κ2) is 5.67. The third-order valence-corrected chi connectivity index (χ3v) is 4.80. The first kappa shape index (κ1) is 14.4. The molecule has 0 saturated carbocycles. The summed E-state index contributed by atoms with van der Waals surface area (Å²) in [5.74, 6) is 0.